The average molecular weight is 249 g/mol. The molecule has 2 saturated heterocycles. The molecule has 3 heteroatoms. The van der Waals surface area contributed by atoms with Crippen LogP contribution in [0.3, 0.4) is 0 Å². The van der Waals surface area contributed by atoms with Crippen LogP contribution in [0.25, 0.3) is 0 Å². The van der Waals surface area contributed by atoms with Gasteiger partial charge in [0, 0.05) is 22.2 Å². The van der Waals surface area contributed by atoms with Crippen molar-refractivity contribution in [3.05, 3.63) is 24.3 Å². The van der Waals surface area contributed by atoms with Gasteiger partial charge in [0.25, 0.3) is 0 Å². The number of fused-ring (bicyclic) bond motifs is 2. The summed E-state index contributed by atoms with van der Waals surface area (Å²) in [4.78, 5) is 1.29. The van der Waals surface area contributed by atoms with Crippen LogP contribution in [0, 0.1) is 0 Å². The maximum atomic E-state index is 5.42. The summed E-state index contributed by atoms with van der Waals surface area (Å²) in [6, 6.07) is 9.89. The molecule has 0 radical (unpaired) electrons. The SMILES string of the molecule is COc1ccccc1SC1CC2CCC(C1)N2. The number of hydrogen-bond acceptors (Lipinski definition) is 3. The fourth-order valence-corrected chi connectivity index (χ4v) is 4.44. The molecule has 0 saturated carbocycles. The van der Waals surface area contributed by atoms with Gasteiger partial charge in [-0.2, -0.15) is 0 Å². The fraction of sp³-hybridized carbons (Fsp3) is 0.571. The molecule has 0 spiro atoms. The normalized spacial score (nSPS) is 31.5. The van der Waals surface area contributed by atoms with Crippen LogP contribution in [0.5, 0.6) is 5.75 Å². The molecule has 1 N–H and O–H groups in total. The van der Waals surface area contributed by atoms with Crippen LogP contribution in [0.4, 0.5) is 0 Å². The van der Waals surface area contributed by atoms with Crippen molar-refractivity contribution in [3.63, 3.8) is 0 Å². The quantitative estimate of drug-likeness (QED) is 0.889. The molecule has 2 aliphatic rings. The first-order valence-corrected chi connectivity index (χ1v) is 7.29. The second-order valence-electron chi connectivity index (χ2n) is 5.00. The smallest absolute Gasteiger partial charge is 0.132 e. The third-order valence-electron chi connectivity index (χ3n) is 3.79. The number of nitrogens with one attached hydrogen (secondary N) is 1. The van der Waals surface area contributed by atoms with Gasteiger partial charge in [0.2, 0.25) is 0 Å². The van der Waals surface area contributed by atoms with E-state index >= 15 is 0 Å². The molecule has 3 rings (SSSR count). The van der Waals surface area contributed by atoms with Gasteiger partial charge >= 0.3 is 0 Å². The molecule has 2 nitrogen and oxygen atoms in total. The second-order valence-corrected chi connectivity index (χ2v) is 6.34. The standard InChI is InChI=1S/C14H19NOS/c1-16-13-4-2-3-5-14(13)17-12-8-10-6-7-11(9-12)15-10/h2-5,10-12,15H,6-9H2,1H3. The largest absolute Gasteiger partial charge is 0.496 e. The molecule has 1 aromatic carbocycles. The number of hydrogen-bond donors (Lipinski definition) is 1. The molecule has 0 aromatic heterocycles. The zero-order chi connectivity index (χ0) is 11.7. The Balaban J connectivity index is 1.70. The maximum Gasteiger partial charge on any atom is 0.132 e. The average Bonchev–Trinajstić information content (AvgIpc) is 2.69. The Morgan fingerprint density at radius 1 is 1.18 bits per heavy atom. The predicted octanol–water partition coefficient (Wildman–Crippen LogP) is 3.07. The van der Waals surface area contributed by atoms with Crippen molar-refractivity contribution in [1.82, 2.24) is 5.32 Å². The Morgan fingerprint density at radius 3 is 2.59 bits per heavy atom. The monoisotopic (exact) mass is 249 g/mol. The fourth-order valence-electron chi connectivity index (χ4n) is 3.00. The molecule has 2 heterocycles. The molecule has 17 heavy (non-hydrogen) atoms. The highest BCUT2D eigenvalue weighted by molar-refractivity contribution is 8.00. The van der Waals surface area contributed by atoms with Crippen LogP contribution in [-0.2, 0) is 0 Å². The Kier molecular flexibility index (Phi) is 3.30. The van der Waals surface area contributed by atoms with E-state index in [0.29, 0.717) is 0 Å². The van der Waals surface area contributed by atoms with Crippen LogP contribution in [0.2, 0.25) is 0 Å². The number of thioether (sulfide) groups is 1. The van der Waals surface area contributed by atoms with E-state index < -0.39 is 0 Å². The van der Waals surface area contributed by atoms with E-state index in [1.807, 2.05) is 17.8 Å². The Morgan fingerprint density at radius 2 is 1.88 bits per heavy atom. The first-order valence-electron chi connectivity index (χ1n) is 6.41. The van der Waals surface area contributed by atoms with Crippen molar-refractivity contribution in [1.29, 1.82) is 0 Å². The van der Waals surface area contributed by atoms with Gasteiger partial charge in [0.15, 0.2) is 0 Å². The molecular weight excluding hydrogens is 230 g/mol. The van der Waals surface area contributed by atoms with Crippen LogP contribution in [0.15, 0.2) is 29.2 Å². The van der Waals surface area contributed by atoms with Crippen molar-refractivity contribution < 1.29 is 4.74 Å². The van der Waals surface area contributed by atoms with Crippen molar-refractivity contribution in [3.8, 4) is 5.75 Å². The van der Waals surface area contributed by atoms with Crippen molar-refractivity contribution in [2.75, 3.05) is 7.11 Å². The van der Waals surface area contributed by atoms with Gasteiger partial charge in [0.05, 0.1) is 7.11 Å². The van der Waals surface area contributed by atoms with E-state index in [-0.39, 0.29) is 0 Å². The number of para-hydroxylation sites is 1. The number of benzene rings is 1. The van der Waals surface area contributed by atoms with Crippen molar-refractivity contribution in [2.45, 2.75) is 47.9 Å². The summed E-state index contributed by atoms with van der Waals surface area (Å²) in [5.41, 5.74) is 0. The Hall–Kier alpha value is -0.670. The molecule has 2 fully saturated rings. The molecule has 0 amide bonds. The van der Waals surface area contributed by atoms with Crippen LogP contribution < -0.4 is 10.1 Å². The predicted molar refractivity (Wildman–Crippen MR) is 71.8 cm³/mol. The number of ether oxygens (including phenoxy) is 1. The van der Waals surface area contributed by atoms with Crippen molar-refractivity contribution in [2.24, 2.45) is 0 Å². The summed E-state index contributed by atoms with van der Waals surface area (Å²) in [7, 11) is 1.76. The molecule has 92 valence electrons. The lowest BCUT2D eigenvalue weighted by Crippen LogP contribution is -2.39. The van der Waals surface area contributed by atoms with E-state index in [1.165, 1.54) is 30.6 Å². The second kappa shape index (κ2) is 4.91. The van der Waals surface area contributed by atoms with Gasteiger partial charge in [-0.1, -0.05) is 12.1 Å². The zero-order valence-electron chi connectivity index (χ0n) is 10.2. The third kappa shape index (κ3) is 2.45. The van der Waals surface area contributed by atoms with Crippen molar-refractivity contribution >= 4 is 11.8 Å². The zero-order valence-corrected chi connectivity index (χ0v) is 11.0. The Bertz CT molecular complexity index is 384. The first-order chi connectivity index (χ1) is 8.35. The molecule has 2 unspecified atom stereocenters. The van der Waals surface area contributed by atoms with Crippen LogP contribution >= 0.6 is 11.8 Å². The highest BCUT2D eigenvalue weighted by Crippen LogP contribution is 2.40. The van der Waals surface area contributed by atoms with E-state index in [9.17, 15) is 0 Å². The highest BCUT2D eigenvalue weighted by atomic mass is 32.2. The summed E-state index contributed by atoms with van der Waals surface area (Å²) in [6.07, 6.45) is 5.35. The minimum absolute atomic E-state index is 0.755. The lowest BCUT2D eigenvalue weighted by Gasteiger charge is -2.28. The van der Waals surface area contributed by atoms with E-state index in [4.69, 9.17) is 4.74 Å². The van der Waals surface area contributed by atoms with E-state index in [2.05, 4.69) is 23.5 Å². The minimum atomic E-state index is 0.755. The van der Waals surface area contributed by atoms with Gasteiger partial charge in [-0.25, -0.2) is 0 Å². The highest BCUT2D eigenvalue weighted by Gasteiger charge is 2.33. The lowest BCUT2D eigenvalue weighted by atomic mass is 10.1. The maximum absolute atomic E-state index is 5.42. The van der Waals surface area contributed by atoms with Gasteiger partial charge in [0.1, 0.15) is 5.75 Å². The lowest BCUT2D eigenvalue weighted by molar-refractivity contribution is 0.402. The summed E-state index contributed by atoms with van der Waals surface area (Å²) in [5.74, 6) is 1.02. The molecule has 0 aliphatic carbocycles. The van der Waals surface area contributed by atoms with Crippen LogP contribution in [-0.4, -0.2) is 24.4 Å². The van der Waals surface area contributed by atoms with E-state index in [1.54, 1.807) is 7.11 Å². The van der Waals surface area contributed by atoms with Gasteiger partial charge < -0.3 is 10.1 Å². The van der Waals surface area contributed by atoms with Crippen LogP contribution in [0.1, 0.15) is 25.7 Å². The first kappa shape index (κ1) is 11.4. The number of rotatable bonds is 3. The molecule has 2 bridgehead atoms. The van der Waals surface area contributed by atoms with Gasteiger partial charge in [-0.15, -0.1) is 11.8 Å². The summed E-state index contributed by atoms with van der Waals surface area (Å²) >= 11 is 2.00. The summed E-state index contributed by atoms with van der Waals surface area (Å²) < 4.78 is 5.42. The molecule has 2 aliphatic heterocycles. The summed E-state index contributed by atoms with van der Waals surface area (Å²) in [5, 5.41) is 4.44. The minimum Gasteiger partial charge on any atom is -0.496 e. The van der Waals surface area contributed by atoms with E-state index in [0.717, 1.165) is 23.1 Å². The van der Waals surface area contributed by atoms with Gasteiger partial charge in [-0.05, 0) is 37.8 Å². The topological polar surface area (TPSA) is 21.3 Å². The molecular formula is C14H19NOS. The summed E-state index contributed by atoms with van der Waals surface area (Å²) in [6.45, 7) is 0. The molecule has 1 aromatic rings. The van der Waals surface area contributed by atoms with Gasteiger partial charge in [-0.3, -0.25) is 0 Å². The molecule has 2 atom stereocenters. The Labute approximate surface area is 107 Å². The number of methoxy groups -OCH3 is 1. The third-order valence-corrected chi connectivity index (χ3v) is 5.10. The number of piperidine rings is 1.